The van der Waals surface area contributed by atoms with Gasteiger partial charge in [-0.15, -0.1) is 0 Å². The summed E-state index contributed by atoms with van der Waals surface area (Å²) in [5, 5.41) is 4.08. The van der Waals surface area contributed by atoms with Crippen LogP contribution in [0.2, 0.25) is 0 Å². The number of nitrogens with zero attached hydrogens (tertiary/aromatic N) is 1. The summed E-state index contributed by atoms with van der Waals surface area (Å²) in [6.07, 6.45) is 0.506. The van der Waals surface area contributed by atoms with Gasteiger partial charge in [0.05, 0.1) is 23.8 Å². The van der Waals surface area contributed by atoms with Gasteiger partial charge in [-0.1, -0.05) is 5.16 Å². The number of hydrogen-bond donors (Lipinski definition) is 0. The molecule has 0 aliphatic carbocycles. The van der Waals surface area contributed by atoms with Crippen LogP contribution in [-0.4, -0.2) is 46.8 Å². The molecule has 0 aromatic heterocycles. The molecule has 0 spiro atoms. The van der Waals surface area contributed by atoms with Crippen molar-refractivity contribution in [1.29, 1.82) is 0 Å². The average Bonchev–Trinajstić information content (AvgIpc) is 2.87. The largest absolute Gasteiger partial charge is 0.496 e. The maximum absolute atomic E-state index is 11.1. The van der Waals surface area contributed by atoms with Gasteiger partial charge >= 0.3 is 0 Å². The predicted octanol–water partition coefficient (Wildman–Crippen LogP) is 1.55. The third kappa shape index (κ3) is 2.92. The van der Waals surface area contributed by atoms with E-state index in [1.165, 1.54) is 0 Å². The van der Waals surface area contributed by atoms with Gasteiger partial charge < -0.3 is 14.3 Å². The number of benzene rings is 1. The van der Waals surface area contributed by atoms with Crippen LogP contribution >= 0.6 is 15.9 Å². The molecule has 2 aliphatic heterocycles. The molecule has 0 N–H and O–H groups in total. The number of rotatable bonds is 4. The van der Waals surface area contributed by atoms with Gasteiger partial charge in [-0.2, -0.15) is 8.42 Å². The Morgan fingerprint density at radius 1 is 1.45 bits per heavy atom. The van der Waals surface area contributed by atoms with E-state index in [0.29, 0.717) is 23.8 Å². The number of fused-ring (bicyclic) bond motifs is 3. The molecule has 9 heteroatoms. The van der Waals surface area contributed by atoms with Crippen molar-refractivity contribution in [2.45, 2.75) is 6.10 Å². The van der Waals surface area contributed by atoms with Crippen molar-refractivity contribution in [2.24, 2.45) is 11.1 Å². The van der Waals surface area contributed by atoms with E-state index in [1.807, 2.05) is 12.1 Å². The van der Waals surface area contributed by atoms with Crippen molar-refractivity contribution >= 4 is 31.8 Å². The second-order valence-corrected chi connectivity index (χ2v) is 7.51. The van der Waals surface area contributed by atoms with Gasteiger partial charge in [0.15, 0.2) is 6.10 Å². The number of methoxy groups -OCH3 is 1. The summed E-state index contributed by atoms with van der Waals surface area (Å²) >= 11 is 3.40. The average molecular weight is 392 g/mol. The molecule has 3 rings (SSSR count). The van der Waals surface area contributed by atoms with Crippen molar-refractivity contribution in [2.75, 3.05) is 26.6 Å². The van der Waals surface area contributed by atoms with E-state index in [9.17, 15) is 8.42 Å². The minimum atomic E-state index is -3.52. The van der Waals surface area contributed by atoms with Crippen LogP contribution in [0.15, 0.2) is 21.8 Å². The van der Waals surface area contributed by atoms with Gasteiger partial charge in [-0.3, -0.25) is 4.18 Å². The minimum absolute atomic E-state index is 0.0944. The second kappa shape index (κ2) is 5.71. The quantitative estimate of drug-likeness (QED) is 0.723. The van der Waals surface area contributed by atoms with Crippen LogP contribution < -0.4 is 9.47 Å². The Kier molecular flexibility index (Phi) is 4.04. The summed E-state index contributed by atoms with van der Waals surface area (Å²) in [6.45, 7) is 0.255. The lowest BCUT2D eigenvalue weighted by atomic mass is 9.90. The van der Waals surface area contributed by atoms with E-state index in [-0.39, 0.29) is 12.5 Å². The molecule has 0 amide bonds. The Morgan fingerprint density at radius 3 is 2.91 bits per heavy atom. The Morgan fingerprint density at radius 2 is 2.23 bits per heavy atom. The first kappa shape index (κ1) is 15.6. The summed E-state index contributed by atoms with van der Waals surface area (Å²) < 4.78 is 38.8. The number of ether oxygens (including phenoxy) is 2. The molecule has 0 bridgehead atoms. The summed E-state index contributed by atoms with van der Waals surface area (Å²) in [5.74, 6) is 1.15. The van der Waals surface area contributed by atoms with Crippen molar-refractivity contribution in [3.8, 4) is 11.5 Å². The molecular formula is C13H14BrNO6S. The van der Waals surface area contributed by atoms with Crippen molar-refractivity contribution in [1.82, 2.24) is 0 Å². The lowest BCUT2D eigenvalue weighted by molar-refractivity contribution is 0.0175. The highest BCUT2D eigenvalue weighted by atomic mass is 79.9. The van der Waals surface area contributed by atoms with Gasteiger partial charge in [-0.25, -0.2) is 0 Å². The van der Waals surface area contributed by atoms with Crippen LogP contribution in [0.25, 0.3) is 0 Å². The lowest BCUT2D eigenvalue weighted by Gasteiger charge is -2.25. The molecule has 1 aromatic rings. The Balaban J connectivity index is 1.84. The van der Waals surface area contributed by atoms with E-state index in [4.69, 9.17) is 18.5 Å². The zero-order valence-corrected chi connectivity index (χ0v) is 14.3. The van der Waals surface area contributed by atoms with Crippen LogP contribution in [0.3, 0.4) is 0 Å². The van der Waals surface area contributed by atoms with Crippen LogP contribution in [0, 0.1) is 5.92 Å². The van der Waals surface area contributed by atoms with Gasteiger partial charge in [0, 0.05) is 5.56 Å². The molecule has 0 fully saturated rings. The van der Waals surface area contributed by atoms with Gasteiger partial charge in [-0.05, 0) is 28.1 Å². The molecule has 2 atom stereocenters. The molecule has 2 heterocycles. The molecular weight excluding hydrogens is 378 g/mol. The highest BCUT2D eigenvalue weighted by Crippen LogP contribution is 2.39. The summed E-state index contributed by atoms with van der Waals surface area (Å²) in [5.41, 5.74) is 1.49. The van der Waals surface area contributed by atoms with Gasteiger partial charge in [0.2, 0.25) is 0 Å². The molecule has 0 saturated heterocycles. The van der Waals surface area contributed by atoms with E-state index < -0.39 is 16.2 Å². The molecule has 120 valence electrons. The Labute approximate surface area is 136 Å². The maximum atomic E-state index is 11.1. The smallest absolute Gasteiger partial charge is 0.264 e. The van der Waals surface area contributed by atoms with Crippen LogP contribution in [0.4, 0.5) is 0 Å². The SMILES string of the molecule is COc1cc2c(cc1Br)OCC1C2=NOC1COS(C)(=O)=O. The molecule has 22 heavy (non-hydrogen) atoms. The van der Waals surface area contributed by atoms with Crippen molar-refractivity contribution < 1.29 is 26.9 Å². The van der Waals surface area contributed by atoms with Crippen molar-refractivity contribution in [3.63, 3.8) is 0 Å². The van der Waals surface area contributed by atoms with E-state index in [0.717, 1.165) is 16.3 Å². The second-order valence-electron chi connectivity index (χ2n) is 5.01. The molecule has 2 aliphatic rings. The summed E-state index contributed by atoms with van der Waals surface area (Å²) in [6, 6.07) is 3.63. The summed E-state index contributed by atoms with van der Waals surface area (Å²) in [7, 11) is -1.95. The standard InChI is InChI=1S/C13H14BrNO6S/c1-18-11-3-7-10(4-9(11)14)19-5-8-12(21-15-13(7)8)6-20-22(2,16)17/h3-4,8,12H,5-6H2,1-2H3. The molecule has 1 aromatic carbocycles. The van der Waals surface area contributed by atoms with Crippen LogP contribution in [0.5, 0.6) is 11.5 Å². The predicted molar refractivity (Wildman–Crippen MR) is 81.9 cm³/mol. The summed E-state index contributed by atoms with van der Waals surface area (Å²) in [4.78, 5) is 5.32. The van der Waals surface area contributed by atoms with E-state index in [2.05, 4.69) is 21.1 Å². The van der Waals surface area contributed by atoms with Crippen LogP contribution in [-0.2, 0) is 19.1 Å². The molecule has 2 unspecified atom stereocenters. The Hall–Kier alpha value is -1.32. The van der Waals surface area contributed by atoms with Gasteiger partial charge in [0.25, 0.3) is 10.1 Å². The fourth-order valence-corrected chi connectivity index (χ4v) is 3.27. The first-order valence-corrected chi connectivity index (χ1v) is 9.09. The monoisotopic (exact) mass is 391 g/mol. The van der Waals surface area contributed by atoms with E-state index >= 15 is 0 Å². The molecule has 7 nitrogen and oxygen atoms in total. The first-order valence-electron chi connectivity index (χ1n) is 6.48. The van der Waals surface area contributed by atoms with Crippen LogP contribution in [0.1, 0.15) is 5.56 Å². The minimum Gasteiger partial charge on any atom is -0.496 e. The Bertz CT molecular complexity index is 732. The highest BCUT2D eigenvalue weighted by Gasteiger charge is 2.40. The molecule has 0 radical (unpaired) electrons. The zero-order chi connectivity index (χ0) is 15.9. The maximum Gasteiger partial charge on any atom is 0.264 e. The zero-order valence-electron chi connectivity index (χ0n) is 11.9. The number of oxime groups is 1. The number of halogens is 1. The lowest BCUT2D eigenvalue weighted by Crippen LogP contribution is -2.36. The highest BCUT2D eigenvalue weighted by molar-refractivity contribution is 9.10. The van der Waals surface area contributed by atoms with E-state index in [1.54, 1.807) is 7.11 Å². The number of hydrogen-bond acceptors (Lipinski definition) is 7. The first-order chi connectivity index (χ1) is 10.4. The van der Waals surface area contributed by atoms with Crippen molar-refractivity contribution in [3.05, 3.63) is 22.2 Å². The third-order valence-electron chi connectivity index (χ3n) is 3.48. The fourth-order valence-electron chi connectivity index (χ4n) is 2.40. The van der Waals surface area contributed by atoms with Gasteiger partial charge in [0.1, 0.15) is 30.4 Å². The normalized spacial score (nSPS) is 23.0. The third-order valence-corrected chi connectivity index (χ3v) is 4.67. The molecule has 0 saturated carbocycles. The fraction of sp³-hybridized carbons (Fsp3) is 0.462. The topological polar surface area (TPSA) is 83.4 Å².